The number of nitrogens with zero attached hydrogens (tertiary/aromatic N) is 4. The first-order valence-electron chi connectivity index (χ1n) is 8.37. The van der Waals surface area contributed by atoms with Gasteiger partial charge in [0.1, 0.15) is 5.60 Å². The molecule has 3 rings (SSSR count). The third kappa shape index (κ3) is 3.16. The van der Waals surface area contributed by atoms with Gasteiger partial charge in [-0.15, -0.1) is 5.10 Å². The largest absolute Gasteiger partial charge is 0.386 e. The van der Waals surface area contributed by atoms with Crippen molar-refractivity contribution in [3.8, 4) is 0 Å². The summed E-state index contributed by atoms with van der Waals surface area (Å²) < 4.78 is 1.64. The maximum absolute atomic E-state index is 12.9. The Kier molecular flexibility index (Phi) is 4.21. The van der Waals surface area contributed by atoms with Gasteiger partial charge in [0.2, 0.25) is 5.91 Å². The van der Waals surface area contributed by atoms with Crippen molar-refractivity contribution in [3.05, 3.63) is 12.4 Å². The van der Waals surface area contributed by atoms with Gasteiger partial charge in [-0.1, -0.05) is 37.8 Å². The summed E-state index contributed by atoms with van der Waals surface area (Å²) in [5, 5.41) is 18.4. The first-order valence-corrected chi connectivity index (χ1v) is 8.37. The van der Waals surface area contributed by atoms with Gasteiger partial charge in [-0.05, 0) is 19.3 Å². The zero-order chi connectivity index (χ0) is 15.6. The predicted octanol–water partition coefficient (Wildman–Crippen LogP) is 1.60. The molecule has 1 atom stereocenters. The van der Waals surface area contributed by atoms with E-state index in [9.17, 15) is 9.90 Å². The summed E-state index contributed by atoms with van der Waals surface area (Å²) in [5.41, 5.74) is -1.13. The molecule has 2 aliphatic rings. The first kappa shape index (κ1) is 15.5. The number of hydrogen-bond acceptors (Lipinski definition) is 4. The molecule has 0 spiro atoms. The number of aromatic nitrogens is 3. The van der Waals surface area contributed by atoms with E-state index in [-0.39, 0.29) is 11.3 Å². The number of amides is 1. The van der Waals surface area contributed by atoms with Gasteiger partial charge in [0, 0.05) is 18.2 Å². The maximum atomic E-state index is 12.9. The summed E-state index contributed by atoms with van der Waals surface area (Å²) in [4.78, 5) is 14.8. The highest BCUT2D eigenvalue weighted by Gasteiger charge is 2.44. The Balaban J connectivity index is 1.65. The second-order valence-electron chi connectivity index (χ2n) is 7.28. The fraction of sp³-hybridized carbons (Fsp3) is 0.812. The zero-order valence-corrected chi connectivity index (χ0v) is 13.4. The van der Waals surface area contributed by atoms with Crippen LogP contribution in [0.1, 0.15) is 51.9 Å². The average Bonchev–Trinajstić information content (AvgIpc) is 3.06. The van der Waals surface area contributed by atoms with Crippen LogP contribution in [0.5, 0.6) is 0 Å². The van der Waals surface area contributed by atoms with Crippen LogP contribution in [-0.2, 0) is 11.3 Å². The normalized spacial score (nSPS) is 28.5. The number of hydrogen-bond donors (Lipinski definition) is 1. The van der Waals surface area contributed by atoms with Crippen molar-refractivity contribution in [2.45, 2.75) is 64.0 Å². The van der Waals surface area contributed by atoms with Gasteiger partial charge in [0.05, 0.1) is 19.3 Å². The topological polar surface area (TPSA) is 71.2 Å². The van der Waals surface area contributed by atoms with Gasteiger partial charge in [-0.3, -0.25) is 4.79 Å². The predicted molar refractivity (Wildman–Crippen MR) is 82.0 cm³/mol. The smallest absolute Gasteiger partial charge is 0.228 e. The van der Waals surface area contributed by atoms with Gasteiger partial charge in [0.25, 0.3) is 0 Å². The minimum Gasteiger partial charge on any atom is -0.386 e. The number of carbonyl (C=O) groups is 1. The van der Waals surface area contributed by atoms with E-state index in [2.05, 4.69) is 17.2 Å². The summed E-state index contributed by atoms with van der Waals surface area (Å²) in [7, 11) is 0. The van der Waals surface area contributed by atoms with Gasteiger partial charge in [0.15, 0.2) is 0 Å². The van der Waals surface area contributed by atoms with Crippen LogP contribution in [0.4, 0.5) is 0 Å². The summed E-state index contributed by atoms with van der Waals surface area (Å²) in [6.07, 6.45) is 10.7. The number of likely N-dealkylation sites (tertiary alicyclic amines) is 1. The number of rotatable bonds is 3. The van der Waals surface area contributed by atoms with Gasteiger partial charge in [-0.2, -0.15) is 0 Å². The Morgan fingerprint density at radius 3 is 2.59 bits per heavy atom. The third-order valence-electron chi connectivity index (χ3n) is 5.27. The van der Waals surface area contributed by atoms with Gasteiger partial charge in [-0.25, -0.2) is 4.68 Å². The van der Waals surface area contributed by atoms with E-state index in [0.717, 1.165) is 25.7 Å². The van der Waals surface area contributed by atoms with E-state index < -0.39 is 5.60 Å². The summed E-state index contributed by atoms with van der Waals surface area (Å²) >= 11 is 0. The second kappa shape index (κ2) is 5.99. The van der Waals surface area contributed by atoms with E-state index >= 15 is 0 Å². The van der Waals surface area contributed by atoms with Crippen LogP contribution in [0.15, 0.2) is 12.4 Å². The molecule has 1 saturated carbocycles. The van der Waals surface area contributed by atoms with Crippen molar-refractivity contribution in [2.75, 3.05) is 13.1 Å². The molecule has 1 aliphatic heterocycles. The summed E-state index contributed by atoms with van der Waals surface area (Å²) in [6.45, 7) is 3.55. The van der Waals surface area contributed by atoms with Crippen LogP contribution < -0.4 is 0 Å². The van der Waals surface area contributed by atoms with Crippen molar-refractivity contribution in [1.29, 1.82) is 0 Å². The molecule has 6 heteroatoms. The van der Waals surface area contributed by atoms with Crippen LogP contribution in [0, 0.1) is 5.41 Å². The average molecular weight is 306 g/mol. The molecule has 122 valence electrons. The molecule has 0 aromatic carbocycles. The lowest BCUT2D eigenvalue weighted by molar-refractivity contribution is -0.142. The SMILES string of the molecule is CC1(C(=O)N2CCC(O)(Cn3ccnn3)C2)CCCCCC1. The molecule has 1 aromatic rings. The molecular weight excluding hydrogens is 280 g/mol. The maximum Gasteiger partial charge on any atom is 0.228 e. The van der Waals surface area contributed by atoms with E-state index in [0.29, 0.717) is 26.1 Å². The molecule has 2 heterocycles. The molecule has 0 bridgehead atoms. The Labute approximate surface area is 131 Å². The van der Waals surface area contributed by atoms with Crippen molar-refractivity contribution < 1.29 is 9.90 Å². The molecule has 1 saturated heterocycles. The van der Waals surface area contributed by atoms with E-state index in [1.807, 2.05) is 4.90 Å². The van der Waals surface area contributed by atoms with Crippen molar-refractivity contribution in [2.24, 2.45) is 5.41 Å². The molecule has 22 heavy (non-hydrogen) atoms. The van der Waals surface area contributed by atoms with Crippen LogP contribution in [-0.4, -0.2) is 49.6 Å². The van der Waals surface area contributed by atoms with Crippen LogP contribution >= 0.6 is 0 Å². The van der Waals surface area contributed by atoms with Crippen molar-refractivity contribution in [3.63, 3.8) is 0 Å². The molecular formula is C16H26N4O2. The Hall–Kier alpha value is -1.43. The molecule has 0 radical (unpaired) electrons. The van der Waals surface area contributed by atoms with Gasteiger partial charge >= 0.3 is 0 Å². The van der Waals surface area contributed by atoms with Crippen LogP contribution in [0.2, 0.25) is 0 Å². The van der Waals surface area contributed by atoms with Crippen LogP contribution in [0.25, 0.3) is 0 Å². The lowest BCUT2D eigenvalue weighted by atomic mass is 9.81. The number of β-amino-alcohol motifs (C(OH)–C–C–N with tert-alkyl or cyclic N) is 1. The fourth-order valence-corrected chi connectivity index (χ4v) is 3.88. The molecule has 1 unspecified atom stereocenters. The lowest BCUT2D eigenvalue weighted by Crippen LogP contribution is -2.44. The Morgan fingerprint density at radius 1 is 1.23 bits per heavy atom. The highest BCUT2D eigenvalue weighted by Crippen LogP contribution is 2.38. The van der Waals surface area contributed by atoms with Crippen molar-refractivity contribution >= 4 is 5.91 Å². The fourth-order valence-electron chi connectivity index (χ4n) is 3.88. The second-order valence-corrected chi connectivity index (χ2v) is 7.28. The molecule has 1 aromatic heterocycles. The van der Waals surface area contributed by atoms with Crippen molar-refractivity contribution in [1.82, 2.24) is 19.9 Å². The molecule has 1 aliphatic carbocycles. The quantitative estimate of drug-likeness (QED) is 0.861. The molecule has 6 nitrogen and oxygen atoms in total. The standard InChI is InChI=1S/C16H26N4O2/c1-15(6-4-2-3-5-7-15)14(21)19-10-8-16(22,12-19)13-20-11-9-17-18-20/h9,11,22H,2-8,10,12-13H2,1H3. The minimum absolute atomic E-state index is 0.226. The Bertz CT molecular complexity index is 508. The monoisotopic (exact) mass is 306 g/mol. The first-order chi connectivity index (χ1) is 10.5. The van der Waals surface area contributed by atoms with E-state index in [1.54, 1.807) is 17.1 Å². The summed E-state index contributed by atoms with van der Waals surface area (Å²) in [6, 6.07) is 0. The van der Waals surface area contributed by atoms with Gasteiger partial charge < -0.3 is 10.0 Å². The third-order valence-corrected chi connectivity index (χ3v) is 5.27. The Morgan fingerprint density at radius 2 is 1.95 bits per heavy atom. The lowest BCUT2D eigenvalue weighted by Gasteiger charge is -2.32. The highest BCUT2D eigenvalue weighted by molar-refractivity contribution is 5.82. The van der Waals surface area contributed by atoms with Crippen LogP contribution in [0.3, 0.4) is 0 Å². The number of carbonyl (C=O) groups excluding carboxylic acids is 1. The number of aliphatic hydroxyl groups is 1. The molecule has 1 amide bonds. The summed E-state index contributed by atoms with van der Waals surface area (Å²) in [5.74, 6) is 0.226. The van der Waals surface area contributed by atoms with E-state index in [1.165, 1.54) is 12.8 Å². The highest BCUT2D eigenvalue weighted by atomic mass is 16.3. The minimum atomic E-state index is -0.884. The van der Waals surface area contributed by atoms with E-state index in [4.69, 9.17) is 0 Å². The zero-order valence-electron chi connectivity index (χ0n) is 13.4. The molecule has 1 N–H and O–H groups in total. The molecule has 2 fully saturated rings.